The van der Waals surface area contributed by atoms with E-state index in [-0.39, 0.29) is 0 Å². The molecule has 0 aromatic carbocycles. The van der Waals surface area contributed by atoms with Crippen LogP contribution in [0.15, 0.2) is 12.3 Å². The monoisotopic (exact) mass is 207 g/mol. The van der Waals surface area contributed by atoms with Gasteiger partial charge in [0.2, 0.25) is 0 Å². The maximum absolute atomic E-state index is 4.25. The molecule has 2 rings (SSSR count). The Morgan fingerprint density at radius 3 is 2.93 bits per heavy atom. The van der Waals surface area contributed by atoms with Crippen molar-refractivity contribution in [3.05, 3.63) is 18.0 Å². The average molecular weight is 207 g/mol. The summed E-state index contributed by atoms with van der Waals surface area (Å²) in [6.45, 7) is 4.53. The number of nitrogens with one attached hydrogen (secondary N) is 1. The highest BCUT2D eigenvalue weighted by Gasteiger charge is 2.33. The van der Waals surface area contributed by atoms with Crippen molar-refractivity contribution in [3.63, 3.8) is 0 Å². The van der Waals surface area contributed by atoms with E-state index in [0.717, 1.165) is 18.4 Å². The minimum absolute atomic E-state index is 0.738. The minimum Gasteiger partial charge on any atom is -0.316 e. The lowest BCUT2D eigenvalue weighted by atomic mass is 9.72. The number of nitrogens with zero attached hydrogens (tertiary/aromatic N) is 2. The Balaban J connectivity index is 1.87. The van der Waals surface area contributed by atoms with Gasteiger partial charge in [-0.15, -0.1) is 0 Å². The maximum atomic E-state index is 4.25. The van der Waals surface area contributed by atoms with Crippen LogP contribution in [0.3, 0.4) is 0 Å². The van der Waals surface area contributed by atoms with Crippen LogP contribution in [-0.2, 0) is 7.05 Å². The topological polar surface area (TPSA) is 29.9 Å². The van der Waals surface area contributed by atoms with E-state index in [0.29, 0.717) is 0 Å². The molecule has 3 nitrogen and oxygen atoms in total. The molecule has 15 heavy (non-hydrogen) atoms. The van der Waals surface area contributed by atoms with Crippen LogP contribution in [0.5, 0.6) is 0 Å². The number of hydrogen-bond donors (Lipinski definition) is 1. The van der Waals surface area contributed by atoms with E-state index in [1.807, 2.05) is 17.9 Å². The highest BCUT2D eigenvalue weighted by atomic mass is 15.3. The van der Waals surface area contributed by atoms with Crippen LogP contribution in [0, 0.1) is 5.92 Å². The van der Waals surface area contributed by atoms with Gasteiger partial charge in [-0.05, 0) is 44.3 Å². The lowest BCUT2D eigenvalue weighted by Crippen LogP contribution is -2.35. The van der Waals surface area contributed by atoms with Crippen LogP contribution in [0.1, 0.15) is 37.8 Å². The van der Waals surface area contributed by atoms with Crippen LogP contribution in [0.25, 0.3) is 0 Å². The van der Waals surface area contributed by atoms with Crippen molar-refractivity contribution < 1.29 is 0 Å². The first-order valence-corrected chi connectivity index (χ1v) is 6.01. The fourth-order valence-corrected chi connectivity index (χ4v) is 2.41. The third-order valence-electron chi connectivity index (χ3n) is 3.49. The Labute approximate surface area is 91.9 Å². The second-order valence-electron chi connectivity index (χ2n) is 4.53. The molecule has 1 saturated carbocycles. The third kappa shape index (κ3) is 2.23. The van der Waals surface area contributed by atoms with E-state index in [2.05, 4.69) is 23.4 Å². The Morgan fingerprint density at radius 2 is 2.40 bits per heavy atom. The lowest BCUT2D eigenvalue weighted by molar-refractivity contribution is 0.236. The zero-order valence-corrected chi connectivity index (χ0v) is 9.74. The van der Waals surface area contributed by atoms with Crippen LogP contribution in [0.2, 0.25) is 0 Å². The quantitative estimate of drug-likeness (QED) is 0.747. The summed E-state index contributed by atoms with van der Waals surface area (Å²) in [5.74, 6) is 1.56. The maximum Gasteiger partial charge on any atom is 0.0492 e. The van der Waals surface area contributed by atoms with Crippen molar-refractivity contribution >= 4 is 0 Å². The second-order valence-corrected chi connectivity index (χ2v) is 4.53. The normalized spacial score (nSPS) is 25.2. The van der Waals surface area contributed by atoms with Crippen LogP contribution in [-0.4, -0.2) is 22.9 Å². The minimum atomic E-state index is 0.738. The zero-order chi connectivity index (χ0) is 10.7. The van der Waals surface area contributed by atoms with Crippen LogP contribution in [0.4, 0.5) is 0 Å². The number of aromatic nitrogens is 2. The molecule has 0 bridgehead atoms. The van der Waals surface area contributed by atoms with Gasteiger partial charge in [0.15, 0.2) is 0 Å². The summed E-state index contributed by atoms with van der Waals surface area (Å²) >= 11 is 0. The number of aryl methyl sites for hydroxylation is 1. The molecule has 1 aromatic heterocycles. The highest BCUT2D eigenvalue weighted by molar-refractivity contribution is 5.13. The van der Waals surface area contributed by atoms with E-state index >= 15 is 0 Å². The van der Waals surface area contributed by atoms with Crippen molar-refractivity contribution in [1.29, 1.82) is 0 Å². The van der Waals surface area contributed by atoms with Gasteiger partial charge in [-0.1, -0.05) is 6.92 Å². The molecule has 1 aromatic rings. The van der Waals surface area contributed by atoms with Gasteiger partial charge in [-0.2, -0.15) is 5.10 Å². The molecule has 0 aliphatic heterocycles. The summed E-state index contributed by atoms with van der Waals surface area (Å²) in [7, 11) is 2.05. The molecule has 1 N–H and O–H groups in total. The first kappa shape index (κ1) is 10.7. The van der Waals surface area contributed by atoms with Gasteiger partial charge in [0.05, 0.1) is 0 Å². The number of rotatable bonds is 5. The molecule has 1 fully saturated rings. The fourth-order valence-electron chi connectivity index (χ4n) is 2.41. The molecule has 1 aliphatic carbocycles. The predicted octanol–water partition coefficient (Wildman–Crippen LogP) is 1.91. The van der Waals surface area contributed by atoms with Crippen molar-refractivity contribution in [1.82, 2.24) is 15.1 Å². The molecular weight excluding hydrogens is 186 g/mol. The fraction of sp³-hybridized carbons (Fsp3) is 0.750. The summed E-state index contributed by atoms with van der Waals surface area (Å²) in [4.78, 5) is 0. The molecule has 2 unspecified atom stereocenters. The van der Waals surface area contributed by atoms with Gasteiger partial charge in [0.1, 0.15) is 0 Å². The summed E-state index contributed by atoms with van der Waals surface area (Å²) in [6.07, 6.45) is 5.83. The standard InChI is InChI=1S/C12H21N3/c1-3-7-13-9-10-4-5-11(10)12-6-8-14-15(12)2/h6,8,10-11,13H,3-5,7,9H2,1-2H3. The first-order chi connectivity index (χ1) is 7.33. The van der Waals surface area contributed by atoms with Crippen molar-refractivity contribution in [2.75, 3.05) is 13.1 Å². The largest absolute Gasteiger partial charge is 0.316 e. The van der Waals surface area contributed by atoms with Crippen molar-refractivity contribution in [2.45, 2.75) is 32.1 Å². The van der Waals surface area contributed by atoms with Crippen molar-refractivity contribution in [2.24, 2.45) is 13.0 Å². The van der Waals surface area contributed by atoms with Gasteiger partial charge >= 0.3 is 0 Å². The van der Waals surface area contributed by atoms with E-state index < -0.39 is 0 Å². The molecule has 2 atom stereocenters. The molecule has 1 aliphatic rings. The van der Waals surface area contributed by atoms with E-state index in [1.54, 1.807) is 0 Å². The summed E-state index contributed by atoms with van der Waals surface area (Å²) < 4.78 is 2.02. The van der Waals surface area contributed by atoms with Gasteiger partial charge in [0, 0.05) is 24.9 Å². The van der Waals surface area contributed by atoms with Gasteiger partial charge in [0.25, 0.3) is 0 Å². The molecule has 1 heterocycles. The Hall–Kier alpha value is -0.830. The van der Waals surface area contributed by atoms with Gasteiger partial charge < -0.3 is 5.32 Å². The SMILES string of the molecule is CCCNCC1CCC1c1ccnn1C. The Kier molecular flexibility index (Phi) is 3.41. The highest BCUT2D eigenvalue weighted by Crippen LogP contribution is 2.41. The Morgan fingerprint density at radius 1 is 1.53 bits per heavy atom. The molecule has 0 saturated heterocycles. The summed E-state index contributed by atoms with van der Waals surface area (Å²) in [6, 6.07) is 2.16. The zero-order valence-electron chi connectivity index (χ0n) is 9.74. The smallest absolute Gasteiger partial charge is 0.0492 e. The number of hydrogen-bond acceptors (Lipinski definition) is 2. The third-order valence-corrected chi connectivity index (χ3v) is 3.49. The molecule has 0 spiro atoms. The van der Waals surface area contributed by atoms with Gasteiger partial charge in [-0.3, -0.25) is 4.68 Å². The predicted molar refractivity (Wildman–Crippen MR) is 61.8 cm³/mol. The summed E-state index contributed by atoms with van der Waals surface area (Å²) in [5, 5.41) is 7.77. The lowest BCUT2D eigenvalue weighted by Gasteiger charge is -2.36. The molecule has 84 valence electrons. The Bertz CT molecular complexity index is 306. The molecule has 3 heteroatoms. The molecular formula is C12H21N3. The van der Waals surface area contributed by atoms with E-state index in [4.69, 9.17) is 0 Å². The molecule has 0 amide bonds. The van der Waals surface area contributed by atoms with Crippen LogP contribution < -0.4 is 5.32 Å². The van der Waals surface area contributed by atoms with E-state index in [1.165, 1.54) is 31.5 Å². The average Bonchev–Trinajstić information content (AvgIpc) is 2.58. The second kappa shape index (κ2) is 4.79. The van der Waals surface area contributed by atoms with Crippen molar-refractivity contribution in [3.8, 4) is 0 Å². The molecule has 0 radical (unpaired) electrons. The van der Waals surface area contributed by atoms with Gasteiger partial charge in [-0.25, -0.2) is 0 Å². The summed E-state index contributed by atoms with van der Waals surface area (Å²) in [5.41, 5.74) is 1.41. The van der Waals surface area contributed by atoms with E-state index in [9.17, 15) is 0 Å². The van der Waals surface area contributed by atoms with Crippen LogP contribution >= 0.6 is 0 Å². The first-order valence-electron chi connectivity index (χ1n) is 6.01.